The third kappa shape index (κ3) is 1.85. The Morgan fingerprint density at radius 3 is 2.40 bits per heavy atom. The summed E-state index contributed by atoms with van der Waals surface area (Å²) in [6, 6.07) is 10.1. The molecule has 1 unspecified atom stereocenters. The van der Waals surface area contributed by atoms with Crippen LogP contribution in [0, 0.1) is 0 Å². The molecule has 0 heterocycles. The first-order chi connectivity index (χ1) is 4.84. The Morgan fingerprint density at radius 2 is 1.90 bits per heavy atom. The zero-order valence-electron chi connectivity index (χ0n) is 5.95. The van der Waals surface area contributed by atoms with Crippen LogP contribution < -0.4 is 0 Å². The van der Waals surface area contributed by atoms with Crippen LogP contribution in [0.25, 0.3) is 0 Å². The molecule has 0 saturated carbocycles. The summed E-state index contributed by atoms with van der Waals surface area (Å²) in [5, 5.41) is 0. The fourth-order valence-corrected chi connectivity index (χ4v) is 0.960. The van der Waals surface area contributed by atoms with E-state index in [9.17, 15) is 0 Å². The Hall–Kier alpha value is -0.288. The van der Waals surface area contributed by atoms with Gasteiger partial charge in [-0.2, -0.15) is 0 Å². The van der Waals surface area contributed by atoms with Gasteiger partial charge in [0.25, 0.3) is 0 Å². The van der Waals surface area contributed by atoms with Crippen LogP contribution in [0.1, 0.15) is 18.6 Å². The standard InChI is InChI=1S/C8H9O.Al/c1-7(9)8-5-3-2-4-6-8;/h2-7H,1H3;/q-1;+1. The fraction of sp³-hybridized carbons (Fsp3) is 0.250. The molecule has 0 saturated heterocycles. The molecule has 0 bridgehead atoms. The summed E-state index contributed by atoms with van der Waals surface area (Å²) in [6.07, 6.45) is 0.172. The summed E-state index contributed by atoms with van der Waals surface area (Å²) >= 11 is 2.27. The summed E-state index contributed by atoms with van der Waals surface area (Å²) < 4.78 is 5.05. The number of benzene rings is 1. The van der Waals surface area contributed by atoms with Gasteiger partial charge in [0.1, 0.15) is 0 Å². The maximum absolute atomic E-state index is 5.05. The third-order valence-electron chi connectivity index (χ3n) is 1.47. The van der Waals surface area contributed by atoms with Gasteiger partial charge < -0.3 is 3.79 Å². The van der Waals surface area contributed by atoms with Gasteiger partial charge in [0.05, 0.1) is 0 Å². The van der Waals surface area contributed by atoms with E-state index in [1.165, 1.54) is 5.56 Å². The summed E-state index contributed by atoms with van der Waals surface area (Å²) in [5.74, 6) is 0. The zero-order chi connectivity index (χ0) is 7.40. The van der Waals surface area contributed by atoms with Crippen LogP contribution in [0.2, 0.25) is 0 Å². The molecular weight excluding hydrogens is 139 g/mol. The molecule has 0 spiro atoms. The van der Waals surface area contributed by atoms with Crippen LogP contribution >= 0.6 is 0 Å². The molecule has 2 radical (unpaired) electrons. The van der Waals surface area contributed by atoms with Crippen LogP contribution in [0.3, 0.4) is 0 Å². The first kappa shape index (κ1) is 7.82. The monoisotopic (exact) mass is 148 g/mol. The fourth-order valence-electron chi connectivity index (χ4n) is 0.803. The molecule has 0 aliphatic carbocycles. The molecule has 0 N–H and O–H groups in total. The first-order valence-corrected chi connectivity index (χ1v) is 3.72. The lowest BCUT2D eigenvalue weighted by molar-refractivity contribution is 0.251. The molecule has 0 fully saturated rings. The number of rotatable bonds is 2. The first-order valence-electron chi connectivity index (χ1n) is 3.25. The van der Waals surface area contributed by atoms with Crippen molar-refractivity contribution in [3.05, 3.63) is 35.9 Å². The maximum atomic E-state index is 5.05. The van der Waals surface area contributed by atoms with E-state index >= 15 is 0 Å². The summed E-state index contributed by atoms with van der Waals surface area (Å²) in [5.41, 5.74) is 1.21. The zero-order valence-corrected chi connectivity index (χ0v) is 7.10. The third-order valence-corrected chi connectivity index (χ3v) is 1.88. The van der Waals surface area contributed by atoms with Crippen molar-refractivity contribution in [3.63, 3.8) is 0 Å². The summed E-state index contributed by atoms with van der Waals surface area (Å²) in [4.78, 5) is 0. The molecule has 0 aliphatic rings. The molecule has 10 heavy (non-hydrogen) atoms. The normalized spacial score (nSPS) is 12.9. The van der Waals surface area contributed by atoms with Gasteiger partial charge in [0.15, 0.2) is 0 Å². The van der Waals surface area contributed by atoms with Crippen LogP contribution in [-0.4, -0.2) is 16.6 Å². The lowest BCUT2D eigenvalue weighted by atomic mass is 10.1. The molecule has 1 nitrogen and oxygen atoms in total. The van der Waals surface area contributed by atoms with Crippen LogP contribution in [-0.2, 0) is 3.79 Å². The van der Waals surface area contributed by atoms with E-state index < -0.39 is 0 Å². The van der Waals surface area contributed by atoms with Gasteiger partial charge in [0, 0.05) is 6.10 Å². The molecule has 1 atom stereocenters. The Bertz CT molecular complexity index is 186. The summed E-state index contributed by atoms with van der Waals surface area (Å²) in [7, 11) is 0. The van der Waals surface area contributed by atoms with Crippen molar-refractivity contribution < 1.29 is 3.79 Å². The Balaban J connectivity index is 2.75. The van der Waals surface area contributed by atoms with Crippen molar-refractivity contribution in [1.29, 1.82) is 0 Å². The van der Waals surface area contributed by atoms with Gasteiger partial charge in [-0.25, -0.2) is 0 Å². The highest BCUT2D eigenvalue weighted by molar-refractivity contribution is 5.98. The second-order valence-electron chi connectivity index (χ2n) is 2.19. The minimum Gasteiger partial charge on any atom is -0.511 e. The largest absolute Gasteiger partial charge is 0.511 e. The average Bonchev–Trinajstić information content (AvgIpc) is 2.05. The Morgan fingerprint density at radius 1 is 1.30 bits per heavy atom. The SMILES string of the molecule is CC([O][Al])c1ccccc1. The van der Waals surface area contributed by atoms with Crippen molar-refractivity contribution in [2.45, 2.75) is 13.0 Å². The highest BCUT2D eigenvalue weighted by Gasteiger charge is 1.98. The molecule has 1 aromatic carbocycles. The van der Waals surface area contributed by atoms with Crippen molar-refractivity contribution in [3.8, 4) is 0 Å². The van der Waals surface area contributed by atoms with E-state index in [4.69, 9.17) is 3.79 Å². The average molecular weight is 148 g/mol. The van der Waals surface area contributed by atoms with Crippen molar-refractivity contribution in [1.82, 2.24) is 0 Å². The van der Waals surface area contributed by atoms with Crippen molar-refractivity contribution >= 4 is 16.6 Å². The molecular formula is C8H9AlO. The van der Waals surface area contributed by atoms with Crippen molar-refractivity contribution in [2.75, 3.05) is 0 Å². The predicted octanol–water partition coefficient (Wildman–Crippen LogP) is 1.85. The van der Waals surface area contributed by atoms with E-state index in [-0.39, 0.29) is 6.10 Å². The second-order valence-corrected chi connectivity index (χ2v) is 2.46. The lowest BCUT2D eigenvalue weighted by Crippen LogP contribution is -1.95. The van der Waals surface area contributed by atoms with Gasteiger partial charge in [-0.1, -0.05) is 30.3 Å². The molecule has 1 aromatic rings. The molecule has 1 rings (SSSR count). The molecule has 0 aromatic heterocycles. The van der Waals surface area contributed by atoms with Gasteiger partial charge in [0.2, 0.25) is 0 Å². The quantitative estimate of drug-likeness (QED) is 0.581. The van der Waals surface area contributed by atoms with E-state index in [1.54, 1.807) is 0 Å². The van der Waals surface area contributed by atoms with Crippen LogP contribution in [0.15, 0.2) is 30.3 Å². The van der Waals surface area contributed by atoms with Gasteiger partial charge in [-0.3, -0.25) is 0 Å². The van der Waals surface area contributed by atoms with Gasteiger partial charge >= 0.3 is 16.6 Å². The number of hydrogen-bond donors (Lipinski definition) is 0. The second kappa shape index (κ2) is 3.78. The Labute approximate surface area is 69.8 Å². The van der Waals surface area contributed by atoms with Crippen molar-refractivity contribution in [2.24, 2.45) is 0 Å². The topological polar surface area (TPSA) is 9.23 Å². The molecule has 0 aliphatic heterocycles. The predicted molar refractivity (Wildman–Crippen MR) is 41.7 cm³/mol. The minimum atomic E-state index is 0.172. The van der Waals surface area contributed by atoms with Gasteiger partial charge in [-0.15, -0.1) is 0 Å². The summed E-state index contributed by atoms with van der Waals surface area (Å²) in [6.45, 7) is 2.02. The molecule has 0 amide bonds. The molecule has 50 valence electrons. The lowest BCUT2D eigenvalue weighted by Gasteiger charge is -2.10. The van der Waals surface area contributed by atoms with E-state index in [2.05, 4.69) is 28.8 Å². The van der Waals surface area contributed by atoms with E-state index in [0.29, 0.717) is 0 Å². The molecule has 2 heteroatoms. The Kier molecular flexibility index (Phi) is 2.95. The maximum Gasteiger partial charge on any atom is 0.370 e. The van der Waals surface area contributed by atoms with E-state index in [0.717, 1.165) is 0 Å². The number of hydrogen-bond acceptors (Lipinski definition) is 1. The smallest absolute Gasteiger partial charge is 0.370 e. The van der Waals surface area contributed by atoms with E-state index in [1.807, 2.05) is 25.1 Å². The van der Waals surface area contributed by atoms with Crippen LogP contribution in [0.4, 0.5) is 0 Å². The highest BCUT2D eigenvalue weighted by atomic mass is 27.1. The minimum absolute atomic E-state index is 0.172. The van der Waals surface area contributed by atoms with Gasteiger partial charge in [-0.05, 0) is 12.5 Å². The highest BCUT2D eigenvalue weighted by Crippen LogP contribution is 2.13. The van der Waals surface area contributed by atoms with Crippen LogP contribution in [0.5, 0.6) is 0 Å².